The van der Waals surface area contributed by atoms with Gasteiger partial charge in [-0.2, -0.15) is 0 Å². The zero-order chi connectivity index (χ0) is 13.6. The van der Waals surface area contributed by atoms with Gasteiger partial charge in [-0.3, -0.25) is 0 Å². The molecular formula is C13H7Br2FN2O. The molecule has 0 aliphatic heterocycles. The van der Waals surface area contributed by atoms with Crippen molar-refractivity contribution in [1.82, 2.24) is 4.98 Å². The minimum absolute atomic E-state index is 0.298. The van der Waals surface area contributed by atoms with Gasteiger partial charge in [0.05, 0.1) is 10.2 Å². The molecule has 0 aliphatic rings. The van der Waals surface area contributed by atoms with Gasteiger partial charge in [0.15, 0.2) is 5.58 Å². The number of benzene rings is 2. The molecule has 19 heavy (non-hydrogen) atoms. The molecule has 0 aliphatic carbocycles. The van der Waals surface area contributed by atoms with Crippen molar-refractivity contribution in [2.45, 2.75) is 0 Å². The van der Waals surface area contributed by atoms with Crippen molar-refractivity contribution in [2.75, 3.05) is 5.73 Å². The fourth-order valence-corrected chi connectivity index (χ4v) is 2.91. The highest BCUT2D eigenvalue weighted by Crippen LogP contribution is 2.37. The summed E-state index contributed by atoms with van der Waals surface area (Å²) in [7, 11) is 0. The van der Waals surface area contributed by atoms with Gasteiger partial charge in [0, 0.05) is 10.0 Å². The van der Waals surface area contributed by atoms with E-state index in [9.17, 15) is 4.39 Å². The summed E-state index contributed by atoms with van der Waals surface area (Å²) in [6.45, 7) is 0. The second-order valence-corrected chi connectivity index (χ2v) is 5.61. The maximum atomic E-state index is 12.9. The molecule has 96 valence electrons. The quantitative estimate of drug-likeness (QED) is 0.615. The average Bonchev–Trinajstić information content (AvgIpc) is 2.81. The van der Waals surface area contributed by atoms with Crippen molar-refractivity contribution in [3.05, 3.63) is 45.1 Å². The highest BCUT2D eigenvalue weighted by molar-refractivity contribution is 9.11. The predicted molar refractivity (Wildman–Crippen MR) is 79.2 cm³/mol. The highest BCUT2D eigenvalue weighted by atomic mass is 79.9. The first-order valence-corrected chi connectivity index (χ1v) is 6.95. The molecule has 0 saturated carbocycles. The first kappa shape index (κ1) is 12.6. The molecule has 1 heterocycles. The maximum absolute atomic E-state index is 12.9. The number of oxazole rings is 1. The summed E-state index contributed by atoms with van der Waals surface area (Å²) in [5.74, 6) is 0.126. The minimum atomic E-state index is -0.298. The van der Waals surface area contributed by atoms with E-state index in [2.05, 4.69) is 36.8 Å². The van der Waals surface area contributed by atoms with E-state index in [1.54, 1.807) is 18.2 Å². The monoisotopic (exact) mass is 384 g/mol. The molecule has 0 spiro atoms. The average molecular weight is 386 g/mol. The van der Waals surface area contributed by atoms with Crippen molar-refractivity contribution in [1.29, 1.82) is 0 Å². The molecular weight excluding hydrogens is 379 g/mol. The van der Waals surface area contributed by atoms with Gasteiger partial charge in [-0.25, -0.2) is 9.37 Å². The Balaban J connectivity index is 2.22. The normalized spacial score (nSPS) is 11.1. The van der Waals surface area contributed by atoms with Crippen molar-refractivity contribution < 1.29 is 8.81 Å². The van der Waals surface area contributed by atoms with Gasteiger partial charge in [-0.15, -0.1) is 0 Å². The summed E-state index contributed by atoms with van der Waals surface area (Å²) >= 11 is 6.74. The molecule has 2 N–H and O–H groups in total. The van der Waals surface area contributed by atoms with Gasteiger partial charge in [0.2, 0.25) is 5.89 Å². The molecule has 3 rings (SSSR count). The third-order valence-corrected chi connectivity index (χ3v) is 4.14. The lowest BCUT2D eigenvalue weighted by Gasteiger charge is -2.00. The molecule has 0 fully saturated rings. The molecule has 0 radical (unpaired) electrons. The number of aromatic nitrogens is 1. The van der Waals surface area contributed by atoms with Crippen molar-refractivity contribution >= 4 is 48.6 Å². The lowest BCUT2D eigenvalue weighted by Crippen LogP contribution is -1.88. The molecule has 1 aromatic heterocycles. The highest BCUT2D eigenvalue weighted by Gasteiger charge is 2.15. The van der Waals surface area contributed by atoms with Crippen LogP contribution in [0.5, 0.6) is 0 Å². The van der Waals surface area contributed by atoms with Crippen LogP contribution in [0.25, 0.3) is 22.6 Å². The lowest BCUT2D eigenvalue weighted by atomic mass is 10.2. The number of fused-ring (bicyclic) bond motifs is 1. The van der Waals surface area contributed by atoms with Gasteiger partial charge in [-0.1, -0.05) is 0 Å². The summed E-state index contributed by atoms with van der Waals surface area (Å²) in [6, 6.07) is 7.75. The number of rotatable bonds is 1. The number of hydrogen-bond acceptors (Lipinski definition) is 3. The van der Waals surface area contributed by atoms with E-state index >= 15 is 0 Å². The summed E-state index contributed by atoms with van der Waals surface area (Å²) in [6.07, 6.45) is 0. The van der Waals surface area contributed by atoms with Crippen LogP contribution < -0.4 is 5.73 Å². The van der Waals surface area contributed by atoms with E-state index in [1.807, 2.05) is 0 Å². The SMILES string of the molecule is Nc1c(Br)cc2nc(-c3ccc(F)cc3)oc2c1Br. The lowest BCUT2D eigenvalue weighted by molar-refractivity contribution is 0.615. The van der Waals surface area contributed by atoms with Crippen LogP contribution in [0.2, 0.25) is 0 Å². The van der Waals surface area contributed by atoms with Gasteiger partial charge in [0.1, 0.15) is 11.3 Å². The molecule has 0 amide bonds. The zero-order valence-electron chi connectivity index (χ0n) is 9.45. The van der Waals surface area contributed by atoms with Crippen LogP contribution in [-0.2, 0) is 0 Å². The number of anilines is 1. The summed E-state index contributed by atoms with van der Waals surface area (Å²) in [4.78, 5) is 4.37. The Morgan fingerprint density at radius 2 is 1.84 bits per heavy atom. The smallest absolute Gasteiger partial charge is 0.227 e. The van der Waals surface area contributed by atoms with Crippen LogP contribution in [0.4, 0.5) is 10.1 Å². The first-order chi connectivity index (χ1) is 9.06. The summed E-state index contributed by atoms with van der Waals surface area (Å²) < 4.78 is 20.0. The number of halogens is 3. The molecule has 3 aromatic rings. The van der Waals surface area contributed by atoms with Crippen molar-refractivity contribution in [2.24, 2.45) is 0 Å². The Morgan fingerprint density at radius 1 is 1.16 bits per heavy atom. The van der Waals surface area contributed by atoms with Gasteiger partial charge in [0.25, 0.3) is 0 Å². The minimum Gasteiger partial charge on any atom is -0.435 e. The van der Waals surface area contributed by atoms with E-state index in [1.165, 1.54) is 12.1 Å². The topological polar surface area (TPSA) is 52.0 Å². The molecule has 0 unspecified atom stereocenters. The van der Waals surface area contributed by atoms with Crippen LogP contribution in [0.3, 0.4) is 0 Å². The second-order valence-electron chi connectivity index (χ2n) is 3.96. The van der Waals surface area contributed by atoms with Gasteiger partial charge in [-0.05, 0) is 62.2 Å². The van der Waals surface area contributed by atoms with Crippen LogP contribution in [0.15, 0.2) is 43.7 Å². The van der Waals surface area contributed by atoms with E-state index in [0.29, 0.717) is 32.7 Å². The summed E-state index contributed by atoms with van der Waals surface area (Å²) in [5, 5.41) is 0. The Labute approximate surface area is 124 Å². The third kappa shape index (κ3) is 2.15. The maximum Gasteiger partial charge on any atom is 0.227 e. The van der Waals surface area contributed by atoms with Crippen LogP contribution >= 0.6 is 31.9 Å². The van der Waals surface area contributed by atoms with Crippen molar-refractivity contribution in [3.8, 4) is 11.5 Å². The van der Waals surface area contributed by atoms with Gasteiger partial charge < -0.3 is 10.2 Å². The largest absolute Gasteiger partial charge is 0.435 e. The van der Waals surface area contributed by atoms with Gasteiger partial charge >= 0.3 is 0 Å². The molecule has 0 atom stereocenters. The second kappa shape index (κ2) is 4.61. The molecule has 0 saturated heterocycles. The molecule has 2 aromatic carbocycles. The van der Waals surface area contributed by atoms with E-state index in [4.69, 9.17) is 10.2 Å². The van der Waals surface area contributed by atoms with Crippen LogP contribution in [0.1, 0.15) is 0 Å². The standard InChI is InChI=1S/C13H7Br2FN2O/c14-8-5-9-12(10(15)11(8)17)19-13(18-9)6-1-3-7(16)4-2-6/h1-5H,17H2. The molecule has 6 heteroatoms. The Bertz CT molecular complexity index is 768. The van der Waals surface area contributed by atoms with E-state index in [0.717, 1.165) is 4.47 Å². The third-order valence-electron chi connectivity index (χ3n) is 2.70. The molecule has 0 bridgehead atoms. The zero-order valence-corrected chi connectivity index (χ0v) is 12.6. The van der Waals surface area contributed by atoms with Crippen LogP contribution in [0, 0.1) is 5.82 Å². The van der Waals surface area contributed by atoms with Crippen molar-refractivity contribution in [3.63, 3.8) is 0 Å². The van der Waals surface area contributed by atoms with E-state index in [-0.39, 0.29) is 5.82 Å². The first-order valence-electron chi connectivity index (χ1n) is 5.36. The Kier molecular flexibility index (Phi) is 3.06. The number of nitrogen functional groups attached to an aromatic ring is 1. The number of hydrogen-bond donors (Lipinski definition) is 1. The Morgan fingerprint density at radius 3 is 2.53 bits per heavy atom. The fourth-order valence-electron chi connectivity index (χ4n) is 1.73. The number of nitrogens with two attached hydrogens (primary N) is 1. The summed E-state index contributed by atoms with van der Waals surface area (Å²) in [5.41, 5.74) is 8.39. The fraction of sp³-hybridized carbons (Fsp3) is 0. The van der Waals surface area contributed by atoms with Crippen LogP contribution in [-0.4, -0.2) is 4.98 Å². The molecule has 3 nitrogen and oxygen atoms in total. The Hall–Kier alpha value is -1.40. The van der Waals surface area contributed by atoms with E-state index < -0.39 is 0 Å². The predicted octanol–water partition coefficient (Wildman–Crippen LogP) is 4.74. The number of nitrogens with zero attached hydrogens (tertiary/aromatic N) is 1.